The lowest BCUT2D eigenvalue weighted by atomic mass is 10.3. The lowest BCUT2D eigenvalue weighted by Crippen LogP contribution is -2.03. The maximum Gasteiger partial charge on any atom is 0.231 e. The van der Waals surface area contributed by atoms with E-state index < -0.39 is 0 Å². The standard InChI is InChI=1S/C12H13N3O4/c13-4-3-12-14-11(15-19-12)6-16-8-1-2-9-10(5-8)18-7-17-9/h1-2,5H,3-4,6-7,13H2. The summed E-state index contributed by atoms with van der Waals surface area (Å²) in [6, 6.07) is 5.37. The largest absolute Gasteiger partial charge is 0.485 e. The Morgan fingerprint density at radius 3 is 3.05 bits per heavy atom. The Balaban J connectivity index is 1.62. The van der Waals surface area contributed by atoms with Crippen molar-refractivity contribution < 1.29 is 18.7 Å². The quantitative estimate of drug-likeness (QED) is 0.855. The second-order valence-corrected chi connectivity index (χ2v) is 3.95. The van der Waals surface area contributed by atoms with Gasteiger partial charge in [-0.2, -0.15) is 4.98 Å². The Hall–Kier alpha value is -2.28. The number of hydrogen-bond acceptors (Lipinski definition) is 7. The number of rotatable bonds is 5. The summed E-state index contributed by atoms with van der Waals surface area (Å²) < 4.78 is 21.0. The molecule has 1 aliphatic rings. The molecule has 1 aromatic carbocycles. The smallest absolute Gasteiger partial charge is 0.231 e. The molecule has 2 N–H and O–H groups in total. The van der Waals surface area contributed by atoms with E-state index in [1.165, 1.54) is 0 Å². The van der Waals surface area contributed by atoms with Gasteiger partial charge in [-0.3, -0.25) is 0 Å². The van der Waals surface area contributed by atoms with Crippen molar-refractivity contribution in [1.29, 1.82) is 0 Å². The zero-order chi connectivity index (χ0) is 13.1. The molecular weight excluding hydrogens is 250 g/mol. The molecular formula is C12H13N3O4. The van der Waals surface area contributed by atoms with Gasteiger partial charge in [-0.15, -0.1) is 0 Å². The fraction of sp³-hybridized carbons (Fsp3) is 0.333. The molecule has 0 saturated heterocycles. The molecule has 100 valence electrons. The first-order valence-electron chi connectivity index (χ1n) is 5.89. The SMILES string of the molecule is NCCc1nc(COc2ccc3c(c2)OCO3)no1. The first-order chi connectivity index (χ1) is 9.35. The molecule has 0 atom stereocenters. The van der Waals surface area contributed by atoms with E-state index in [1.54, 1.807) is 18.2 Å². The maximum atomic E-state index is 5.56. The van der Waals surface area contributed by atoms with Gasteiger partial charge in [0, 0.05) is 19.0 Å². The molecule has 1 aliphatic heterocycles. The van der Waals surface area contributed by atoms with E-state index >= 15 is 0 Å². The van der Waals surface area contributed by atoms with Crippen LogP contribution in [-0.2, 0) is 13.0 Å². The van der Waals surface area contributed by atoms with Gasteiger partial charge in [0.25, 0.3) is 0 Å². The van der Waals surface area contributed by atoms with Crippen molar-refractivity contribution in [2.24, 2.45) is 5.73 Å². The van der Waals surface area contributed by atoms with Crippen LogP contribution in [0.25, 0.3) is 0 Å². The molecule has 0 fully saturated rings. The predicted octanol–water partition coefficient (Wildman–Crippen LogP) is 0.878. The second kappa shape index (κ2) is 5.15. The van der Waals surface area contributed by atoms with Gasteiger partial charge < -0.3 is 24.5 Å². The summed E-state index contributed by atoms with van der Waals surface area (Å²) >= 11 is 0. The lowest BCUT2D eigenvalue weighted by Gasteiger charge is -2.03. The van der Waals surface area contributed by atoms with Crippen molar-refractivity contribution >= 4 is 0 Å². The highest BCUT2D eigenvalue weighted by Crippen LogP contribution is 2.35. The van der Waals surface area contributed by atoms with Crippen LogP contribution in [0.2, 0.25) is 0 Å². The molecule has 3 rings (SSSR count). The highest BCUT2D eigenvalue weighted by Gasteiger charge is 2.14. The van der Waals surface area contributed by atoms with Gasteiger partial charge in [0.1, 0.15) is 5.75 Å². The fourth-order valence-electron chi connectivity index (χ4n) is 1.69. The molecule has 1 aromatic heterocycles. The van der Waals surface area contributed by atoms with Gasteiger partial charge in [-0.1, -0.05) is 5.16 Å². The zero-order valence-electron chi connectivity index (χ0n) is 10.2. The molecule has 2 heterocycles. The summed E-state index contributed by atoms with van der Waals surface area (Å²) in [5.41, 5.74) is 5.40. The minimum absolute atomic E-state index is 0.230. The molecule has 0 amide bonds. The molecule has 0 bridgehead atoms. The third-order valence-corrected chi connectivity index (χ3v) is 2.58. The Morgan fingerprint density at radius 2 is 2.16 bits per heavy atom. The molecule has 0 radical (unpaired) electrons. The molecule has 7 heteroatoms. The van der Waals surface area contributed by atoms with Crippen molar-refractivity contribution in [2.45, 2.75) is 13.0 Å². The number of ether oxygens (including phenoxy) is 3. The Bertz CT molecular complexity index is 570. The van der Waals surface area contributed by atoms with Gasteiger partial charge in [0.2, 0.25) is 18.5 Å². The number of benzene rings is 1. The predicted molar refractivity (Wildman–Crippen MR) is 64.0 cm³/mol. The number of fused-ring (bicyclic) bond motifs is 1. The third kappa shape index (κ3) is 2.60. The monoisotopic (exact) mass is 263 g/mol. The molecule has 19 heavy (non-hydrogen) atoms. The first kappa shape index (κ1) is 11.8. The molecule has 0 spiro atoms. The van der Waals surface area contributed by atoms with Crippen molar-refractivity contribution in [3.8, 4) is 17.2 Å². The van der Waals surface area contributed by atoms with E-state index in [-0.39, 0.29) is 13.4 Å². The third-order valence-electron chi connectivity index (χ3n) is 2.58. The first-order valence-corrected chi connectivity index (χ1v) is 5.89. The highest BCUT2D eigenvalue weighted by molar-refractivity contribution is 5.46. The zero-order valence-corrected chi connectivity index (χ0v) is 10.2. The van der Waals surface area contributed by atoms with Crippen molar-refractivity contribution in [3.63, 3.8) is 0 Å². The van der Waals surface area contributed by atoms with Crippen LogP contribution < -0.4 is 19.9 Å². The van der Waals surface area contributed by atoms with Crippen LogP contribution in [-0.4, -0.2) is 23.5 Å². The number of nitrogens with two attached hydrogens (primary N) is 1. The maximum absolute atomic E-state index is 5.56. The second-order valence-electron chi connectivity index (χ2n) is 3.95. The average molecular weight is 263 g/mol. The van der Waals surface area contributed by atoms with Gasteiger partial charge >= 0.3 is 0 Å². The Labute approximate surface area is 109 Å². The molecule has 0 aliphatic carbocycles. The van der Waals surface area contributed by atoms with Crippen molar-refractivity contribution in [2.75, 3.05) is 13.3 Å². The number of aromatic nitrogens is 2. The highest BCUT2D eigenvalue weighted by atomic mass is 16.7. The van der Waals surface area contributed by atoms with E-state index in [9.17, 15) is 0 Å². The summed E-state index contributed by atoms with van der Waals surface area (Å²) in [7, 11) is 0. The van der Waals surface area contributed by atoms with Crippen molar-refractivity contribution in [3.05, 3.63) is 29.9 Å². The van der Waals surface area contributed by atoms with Crippen LogP contribution in [0.5, 0.6) is 17.2 Å². The van der Waals surface area contributed by atoms with E-state index in [0.29, 0.717) is 36.2 Å². The van der Waals surface area contributed by atoms with Crippen molar-refractivity contribution in [1.82, 2.24) is 10.1 Å². The van der Waals surface area contributed by atoms with Crippen LogP contribution in [0.1, 0.15) is 11.7 Å². The summed E-state index contributed by atoms with van der Waals surface area (Å²) in [6.07, 6.45) is 0.566. The Kier molecular flexibility index (Phi) is 3.20. The van der Waals surface area contributed by atoms with Gasteiger partial charge in [-0.25, -0.2) is 0 Å². The van der Waals surface area contributed by atoms with E-state index in [1.807, 2.05) is 0 Å². The molecule has 0 saturated carbocycles. The van der Waals surface area contributed by atoms with Gasteiger partial charge in [-0.05, 0) is 12.1 Å². The molecule has 7 nitrogen and oxygen atoms in total. The molecule has 2 aromatic rings. The number of nitrogens with zero attached hydrogens (tertiary/aromatic N) is 2. The fourth-order valence-corrected chi connectivity index (χ4v) is 1.69. The lowest BCUT2D eigenvalue weighted by molar-refractivity contribution is 0.173. The van der Waals surface area contributed by atoms with Crippen LogP contribution >= 0.6 is 0 Å². The summed E-state index contributed by atoms with van der Waals surface area (Å²) in [4.78, 5) is 4.15. The van der Waals surface area contributed by atoms with E-state index in [4.69, 9.17) is 24.5 Å². The normalized spacial score (nSPS) is 12.7. The van der Waals surface area contributed by atoms with Crippen LogP contribution in [0.3, 0.4) is 0 Å². The minimum atomic E-state index is 0.230. The number of hydrogen-bond donors (Lipinski definition) is 1. The topological polar surface area (TPSA) is 92.6 Å². The van der Waals surface area contributed by atoms with E-state index in [2.05, 4.69) is 10.1 Å². The van der Waals surface area contributed by atoms with Crippen LogP contribution in [0, 0.1) is 0 Å². The van der Waals surface area contributed by atoms with Crippen LogP contribution in [0.4, 0.5) is 0 Å². The summed E-state index contributed by atoms with van der Waals surface area (Å²) in [5.74, 6) is 3.06. The van der Waals surface area contributed by atoms with Crippen LogP contribution in [0.15, 0.2) is 22.7 Å². The average Bonchev–Trinajstić information content (AvgIpc) is 3.04. The van der Waals surface area contributed by atoms with Gasteiger partial charge in [0.05, 0.1) is 0 Å². The van der Waals surface area contributed by atoms with Gasteiger partial charge in [0.15, 0.2) is 18.1 Å². The summed E-state index contributed by atoms with van der Waals surface area (Å²) in [5, 5.41) is 3.80. The Morgan fingerprint density at radius 1 is 1.26 bits per heavy atom. The van der Waals surface area contributed by atoms with E-state index in [0.717, 1.165) is 5.75 Å². The summed E-state index contributed by atoms with van der Waals surface area (Å²) in [6.45, 7) is 0.949. The molecule has 0 unspecified atom stereocenters. The minimum Gasteiger partial charge on any atom is -0.485 e.